The third-order valence-electron chi connectivity index (χ3n) is 4.88. The van der Waals surface area contributed by atoms with Crippen LogP contribution in [0.15, 0.2) is 78.2 Å². The minimum atomic E-state index is -0.296. The Balaban J connectivity index is 1.46. The summed E-state index contributed by atoms with van der Waals surface area (Å²) in [6.45, 7) is 0. The highest BCUT2D eigenvalue weighted by molar-refractivity contribution is 7.14. The summed E-state index contributed by atoms with van der Waals surface area (Å²) in [5, 5.41) is 5.31. The minimum absolute atomic E-state index is 0.296. The molecule has 0 spiro atoms. The molecule has 0 bridgehead atoms. The largest absolute Gasteiger partial charge is 0.497 e. The van der Waals surface area contributed by atoms with Gasteiger partial charge in [0, 0.05) is 10.9 Å². The lowest BCUT2D eigenvalue weighted by atomic mass is 10.0. The van der Waals surface area contributed by atoms with Crippen molar-refractivity contribution in [3.8, 4) is 22.8 Å². The highest BCUT2D eigenvalue weighted by Gasteiger charge is 2.16. The molecule has 0 aliphatic rings. The molecule has 0 aliphatic carbocycles. The summed E-state index contributed by atoms with van der Waals surface area (Å²) in [7, 11) is 3.09. The molecule has 6 heteroatoms. The van der Waals surface area contributed by atoms with Gasteiger partial charge in [-0.25, -0.2) is 4.98 Å². The number of ether oxygens (including phenoxy) is 2. The fourth-order valence-electron chi connectivity index (χ4n) is 3.24. The van der Waals surface area contributed by atoms with Crippen LogP contribution in [0, 0.1) is 0 Å². The van der Waals surface area contributed by atoms with E-state index >= 15 is 0 Å². The van der Waals surface area contributed by atoms with E-state index < -0.39 is 0 Å². The normalized spacial score (nSPS) is 10.5. The number of aromatic nitrogens is 1. The number of hydrogen-bond donors (Lipinski definition) is 1. The molecular formula is C25H22N2O3S. The maximum atomic E-state index is 12.7. The van der Waals surface area contributed by atoms with E-state index in [1.54, 1.807) is 25.3 Å². The molecule has 0 saturated heterocycles. The summed E-state index contributed by atoms with van der Waals surface area (Å²) in [6.07, 6.45) is 0.891. The highest BCUT2D eigenvalue weighted by atomic mass is 32.1. The Labute approximate surface area is 185 Å². The molecule has 3 aromatic carbocycles. The summed E-state index contributed by atoms with van der Waals surface area (Å²) in [5.41, 5.74) is 4.74. The Hall–Kier alpha value is -3.64. The maximum Gasteiger partial charge on any atom is 0.261 e. The number of nitrogens with one attached hydrogen (secondary N) is 1. The Morgan fingerprint density at radius 3 is 2.39 bits per heavy atom. The second-order valence-electron chi connectivity index (χ2n) is 6.92. The molecule has 4 aromatic rings. The smallest absolute Gasteiger partial charge is 0.261 e. The van der Waals surface area contributed by atoms with Crippen molar-refractivity contribution in [3.05, 3.63) is 94.9 Å². The quantitative estimate of drug-likeness (QED) is 0.410. The molecule has 0 fully saturated rings. The van der Waals surface area contributed by atoms with E-state index in [4.69, 9.17) is 9.47 Å². The fraction of sp³-hybridized carbons (Fsp3) is 0.120. The van der Waals surface area contributed by atoms with E-state index in [9.17, 15) is 4.79 Å². The van der Waals surface area contributed by atoms with Gasteiger partial charge in [-0.1, -0.05) is 54.6 Å². The van der Waals surface area contributed by atoms with Crippen molar-refractivity contribution in [2.45, 2.75) is 6.42 Å². The maximum absolute atomic E-state index is 12.7. The van der Waals surface area contributed by atoms with E-state index in [0.29, 0.717) is 22.2 Å². The standard InChI is InChI=1S/C25H22N2O3S/c1-29-20-12-13-23(30-2)21(15-20)24(28)27-25-26-22(16-31-25)19-10-8-18(9-11-19)14-17-6-4-3-5-7-17/h3-13,15-16H,14H2,1-2H3,(H,26,27,28). The Morgan fingerprint density at radius 1 is 0.935 bits per heavy atom. The van der Waals surface area contributed by atoms with Crippen molar-refractivity contribution in [1.82, 2.24) is 4.98 Å². The summed E-state index contributed by atoms with van der Waals surface area (Å²) in [4.78, 5) is 17.3. The molecule has 156 valence electrons. The average Bonchev–Trinajstić information content (AvgIpc) is 3.28. The van der Waals surface area contributed by atoms with E-state index in [2.05, 4.69) is 58.8 Å². The van der Waals surface area contributed by atoms with Gasteiger partial charge >= 0.3 is 0 Å². The molecule has 0 aliphatic heterocycles. The van der Waals surface area contributed by atoms with Crippen molar-refractivity contribution in [1.29, 1.82) is 0 Å². The van der Waals surface area contributed by atoms with Crippen LogP contribution in [0.4, 0.5) is 5.13 Å². The molecule has 0 radical (unpaired) electrons. The second-order valence-corrected chi connectivity index (χ2v) is 7.78. The lowest BCUT2D eigenvalue weighted by Crippen LogP contribution is -2.13. The Morgan fingerprint density at radius 2 is 1.68 bits per heavy atom. The van der Waals surface area contributed by atoms with Gasteiger partial charge in [0.2, 0.25) is 0 Å². The zero-order valence-corrected chi connectivity index (χ0v) is 18.1. The van der Waals surface area contributed by atoms with E-state index in [-0.39, 0.29) is 5.91 Å². The molecule has 0 atom stereocenters. The monoisotopic (exact) mass is 430 g/mol. The van der Waals surface area contributed by atoms with Gasteiger partial charge in [0.25, 0.3) is 5.91 Å². The van der Waals surface area contributed by atoms with Crippen LogP contribution in [0.1, 0.15) is 21.5 Å². The van der Waals surface area contributed by atoms with Crippen molar-refractivity contribution < 1.29 is 14.3 Å². The summed E-state index contributed by atoms with van der Waals surface area (Å²) in [5.74, 6) is 0.764. The van der Waals surface area contributed by atoms with Crippen LogP contribution < -0.4 is 14.8 Å². The SMILES string of the molecule is COc1ccc(OC)c(C(=O)Nc2nc(-c3ccc(Cc4ccccc4)cc3)cs2)c1. The topological polar surface area (TPSA) is 60.5 Å². The third kappa shape index (κ3) is 4.92. The number of hydrogen-bond acceptors (Lipinski definition) is 5. The molecule has 1 aromatic heterocycles. The molecule has 0 unspecified atom stereocenters. The Bertz CT molecular complexity index is 1170. The summed E-state index contributed by atoms with van der Waals surface area (Å²) in [6, 6.07) is 23.8. The summed E-state index contributed by atoms with van der Waals surface area (Å²) >= 11 is 1.38. The lowest BCUT2D eigenvalue weighted by Gasteiger charge is -2.09. The number of carbonyl (C=O) groups is 1. The minimum Gasteiger partial charge on any atom is -0.497 e. The fourth-order valence-corrected chi connectivity index (χ4v) is 3.96. The number of benzene rings is 3. The number of anilines is 1. The Kier molecular flexibility index (Phi) is 6.29. The number of thiazole rings is 1. The number of carbonyl (C=O) groups excluding carboxylic acids is 1. The average molecular weight is 431 g/mol. The van der Waals surface area contributed by atoms with Crippen LogP contribution in [0.25, 0.3) is 11.3 Å². The molecule has 1 N–H and O–H groups in total. The first-order chi connectivity index (χ1) is 15.2. The van der Waals surface area contributed by atoms with Crippen LogP contribution >= 0.6 is 11.3 Å². The van der Waals surface area contributed by atoms with Gasteiger partial charge in [-0.3, -0.25) is 10.1 Å². The number of nitrogens with zero attached hydrogens (tertiary/aromatic N) is 1. The van der Waals surface area contributed by atoms with Crippen molar-refractivity contribution in [2.24, 2.45) is 0 Å². The van der Waals surface area contributed by atoms with Gasteiger partial charge in [0.15, 0.2) is 5.13 Å². The third-order valence-corrected chi connectivity index (χ3v) is 5.63. The number of methoxy groups -OCH3 is 2. The van der Waals surface area contributed by atoms with Crippen molar-refractivity contribution >= 4 is 22.4 Å². The first-order valence-corrected chi connectivity index (χ1v) is 10.7. The van der Waals surface area contributed by atoms with Gasteiger partial charge < -0.3 is 9.47 Å². The van der Waals surface area contributed by atoms with E-state index in [1.807, 2.05) is 11.4 Å². The van der Waals surface area contributed by atoms with Crippen LogP contribution in [-0.4, -0.2) is 25.1 Å². The zero-order chi connectivity index (χ0) is 21.6. The lowest BCUT2D eigenvalue weighted by molar-refractivity contribution is 0.102. The first-order valence-electron chi connectivity index (χ1n) is 9.78. The molecule has 1 amide bonds. The molecule has 5 nitrogen and oxygen atoms in total. The van der Waals surface area contributed by atoms with Crippen LogP contribution in [0.5, 0.6) is 11.5 Å². The van der Waals surface area contributed by atoms with Crippen molar-refractivity contribution in [2.75, 3.05) is 19.5 Å². The second kappa shape index (κ2) is 9.45. The van der Waals surface area contributed by atoms with Gasteiger partial charge in [0.05, 0.1) is 25.5 Å². The zero-order valence-electron chi connectivity index (χ0n) is 17.3. The van der Waals surface area contributed by atoms with Gasteiger partial charge in [-0.05, 0) is 35.7 Å². The predicted molar refractivity (Wildman–Crippen MR) is 124 cm³/mol. The van der Waals surface area contributed by atoms with Crippen LogP contribution in [0.3, 0.4) is 0 Å². The van der Waals surface area contributed by atoms with Gasteiger partial charge in [-0.2, -0.15) is 0 Å². The molecule has 1 heterocycles. The van der Waals surface area contributed by atoms with Gasteiger partial charge in [-0.15, -0.1) is 11.3 Å². The predicted octanol–water partition coefficient (Wildman–Crippen LogP) is 5.67. The van der Waals surface area contributed by atoms with E-state index in [1.165, 1.54) is 29.6 Å². The number of amides is 1. The number of rotatable bonds is 7. The molecule has 0 saturated carbocycles. The molecule has 31 heavy (non-hydrogen) atoms. The molecular weight excluding hydrogens is 408 g/mol. The van der Waals surface area contributed by atoms with Crippen LogP contribution in [0.2, 0.25) is 0 Å². The van der Waals surface area contributed by atoms with Gasteiger partial charge in [0.1, 0.15) is 11.5 Å². The van der Waals surface area contributed by atoms with Crippen molar-refractivity contribution in [3.63, 3.8) is 0 Å². The summed E-state index contributed by atoms with van der Waals surface area (Å²) < 4.78 is 10.5. The van der Waals surface area contributed by atoms with E-state index in [0.717, 1.165) is 17.7 Å². The highest BCUT2D eigenvalue weighted by Crippen LogP contribution is 2.28. The molecule has 4 rings (SSSR count). The first kappa shape index (κ1) is 20.6. The van der Waals surface area contributed by atoms with Crippen LogP contribution in [-0.2, 0) is 6.42 Å².